The van der Waals surface area contributed by atoms with Gasteiger partial charge < -0.3 is 5.32 Å². The van der Waals surface area contributed by atoms with E-state index in [1.807, 2.05) is 0 Å². The summed E-state index contributed by atoms with van der Waals surface area (Å²) >= 11 is 6.06. The number of halogens is 1. The molecular weight excluding hydrogens is 276 g/mol. The van der Waals surface area contributed by atoms with Crippen LogP contribution < -0.4 is 5.32 Å². The lowest BCUT2D eigenvalue weighted by molar-refractivity contribution is -0.384. The van der Waals surface area contributed by atoms with Gasteiger partial charge in [0.2, 0.25) is 0 Å². The van der Waals surface area contributed by atoms with Gasteiger partial charge in [0.15, 0.2) is 0 Å². The number of nitro groups is 1. The monoisotopic (exact) mass is 298 g/mol. The summed E-state index contributed by atoms with van der Waals surface area (Å²) in [5.74, 6) is 0. The van der Waals surface area contributed by atoms with Crippen LogP contribution in [-0.2, 0) is 0 Å². The second kappa shape index (κ2) is 7.48. The predicted octanol–water partition coefficient (Wildman–Crippen LogP) is 5.27. The molecule has 0 saturated heterocycles. The Kier molecular flexibility index (Phi) is 6.27. The third-order valence-electron chi connectivity index (χ3n) is 3.38. The van der Waals surface area contributed by atoms with Gasteiger partial charge in [0.25, 0.3) is 5.69 Å². The SMILES string of the molecule is CCCCCC(C)(C)CNc1ccc([N+](=O)[O-])cc1Cl. The molecule has 0 aliphatic rings. The molecule has 20 heavy (non-hydrogen) atoms. The normalized spacial score (nSPS) is 11.4. The average Bonchev–Trinajstić information content (AvgIpc) is 2.37. The second-order valence-electron chi connectivity index (χ2n) is 5.90. The van der Waals surface area contributed by atoms with Gasteiger partial charge in [-0.1, -0.05) is 51.6 Å². The van der Waals surface area contributed by atoms with Gasteiger partial charge in [0.05, 0.1) is 15.6 Å². The first-order valence-electron chi connectivity index (χ1n) is 7.03. The summed E-state index contributed by atoms with van der Waals surface area (Å²) in [6, 6.07) is 4.52. The lowest BCUT2D eigenvalue weighted by Crippen LogP contribution is -2.23. The fourth-order valence-corrected chi connectivity index (χ4v) is 2.28. The highest BCUT2D eigenvalue weighted by atomic mass is 35.5. The Labute approximate surface area is 125 Å². The smallest absolute Gasteiger partial charge is 0.271 e. The zero-order valence-electron chi connectivity index (χ0n) is 12.4. The van der Waals surface area contributed by atoms with Crippen molar-refractivity contribution in [3.05, 3.63) is 33.3 Å². The second-order valence-corrected chi connectivity index (χ2v) is 6.30. The van der Waals surface area contributed by atoms with Crippen molar-refractivity contribution < 1.29 is 4.92 Å². The molecule has 1 N–H and O–H groups in total. The zero-order valence-corrected chi connectivity index (χ0v) is 13.2. The van der Waals surface area contributed by atoms with Crippen LogP contribution in [0, 0.1) is 15.5 Å². The fourth-order valence-electron chi connectivity index (χ4n) is 2.04. The molecular formula is C15H23ClN2O2. The number of nitro benzene ring substituents is 1. The van der Waals surface area contributed by atoms with Crippen LogP contribution in [0.25, 0.3) is 0 Å². The molecule has 4 nitrogen and oxygen atoms in total. The molecule has 0 bridgehead atoms. The first-order valence-corrected chi connectivity index (χ1v) is 7.41. The molecule has 0 fully saturated rings. The van der Waals surface area contributed by atoms with Crippen molar-refractivity contribution in [3.63, 3.8) is 0 Å². The van der Waals surface area contributed by atoms with Crippen molar-refractivity contribution in [1.82, 2.24) is 0 Å². The number of unbranched alkanes of at least 4 members (excludes halogenated alkanes) is 2. The van der Waals surface area contributed by atoms with E-state index in [0.29, 0.717) is 5.02 Å². The number of benzene rings is 1. The number of rotatable bonds is 8. The minimum absolute atomic E-state index is 0.0164. The number of non-ortho nitro benzene ring substituents is 1. The Bertz CT molecular complexity index is 461. The number of nitrogens with zero attached hydrogens (tertiary/aromatic N) is 1. The van der Waals surface area contributed by atoms with Crippen LogP contribution in [-0.4, -0.2) is 11.5 Å². The first-order chi connectivity index (χ1) is 9.35. The van der Waals surface area contributed by atoms with Crippen molar-refractivity contribution in [1.29, 1.82) is 0 Å². The molecule has 0 aromatic heterocycles. The Morgan fingerprint density at radius 1 is 1.35 bits per heavy atom. The summed E-state index contributed by atoms with van der Waals surface area (Å²) < 4.78 is 0. The predicted molar refractivity (Wildman–Crippen MR) is 84.5 cm³/mol. The lowest BCUT2D eigenvalue weighted by Gasteiger charge is -2.25. The summed E-state index contributed by atoms with van der Waals surface area (Å²) in [7, 11) is 0. The van der Waals surface area contributed by atoms with E-state index in [4.69, 9.17) is 11.6 Å². The largest absolute Gasteiger partial charge is 0.383 e. The highest BCUT2D eigenvalue weighted by Gasteiger charge is 2.18. The van der Waals surface area contributed by atoms with Gasteiger partial charge >= 0.3 is 0 Å². The molecule has 1 rings (SSSR count). The minimum Gasteiger partial charge on any atom is -0.383 e. The van der Waals surface area contributed by atoms with Crippen molar-refractivity contribution in [3.8, 4) is 0 Å². The number of hydrogen-bond acceptors (Lipinski definition) is 3. The van der Waals surface area contributed by atoms with Crippen molar-refractivity contribution in [2.45, 2.75) is 46.5 Å². The lowest BCUT2D eigenvalue weighted by atomic mass is 9.87. The summed E-state index contributed by atoms with van der Waals surface area (Å²) in [6.45, 7) is 7.43. The molecule has 0 unspecified atom stereocenters. The first kappa shape index (κ1) is 16.8. The van der Waals surface area contributed by atoms with Crippen LogP contribution in [0.4, 0.5) is 11.4 Å². The van der Waals surface area contributed by atoms with E-state index in [1.165, 1.54) is 31.4 Å². The highest BCUT2D eigenvalue weighted by molar-refractivity contribution is 6.33. The van der Waals surface area contributed by atoms with E-state index >= 15 is 0 Å². The van der Waals surface area contributed by atoms with Gasteiger partial charge in [-0.15, -0.1) is 0 Å². The Morgan fingerprint density at radius 2 is 2.05 bits per heavy atom. The van der Waals surface area contributed by atoms with E-state index < -0.39 is 4.92 Å². The van der Waals surface area contributed by atoms with E-state index in [9.17, 15) is 10.1 Å². The molecule has 0 heterocycles. The molecule has 1 aromatic carbocycles. The molecule has 1 aromatic rings. The molecule has 5 heteroatoms. The van der Waals surface area contributed by atoms with Crippen LogP contribution in [0.3, 0.4) is 0 Å². The molecule has 0 spiro atoms. The van der Waals surface area contributed by atoms with Crippen LogP contribution in [0.15, 0.2) is 18.2 Å². The zero-order chi connectivity index (χ0) is 15.2. The van der Waals surface area contributed by atoms with Crippen molar-refractivity contribution in [2.24, 2.45) is 5.41 Å². The van der Waals surface area contributed by atoms with E-state index in [0.717, 1.165) is 18.7 Å². The minimum atomic E-state index is -0.440. The molecule has 0 atom stereocenters. The quantitative estimate of drug-likeness (QED) is 0.404. The molecule has 0 amide bonds. The van der Waals surface area contributed by atoms with Gasteiger partial charge in [-0.2, -0.15) is 0 Å². The van der Waals surface area contributed by atoms with Crippen molar-refractivity contribution >= 4 is 23.0 Å². The van der Waals surface area contributed by atoms with Crippen LogP contribution in [0.1, 0.15) is 46.5 Å². The Morgan fingerprint density at radius 3 is 2.60 bits per heavy atom. The maximum absolute atomic E-state index is 10.7. The number of nitrogens with one attached hydrogen (secondary N) is 1. The molecule has 112 valence electrons. The van der Waals surface area contributed by atoms with Gasteiger partial charge in [0, 0.05) is 18.7 Å². The summed E-state index contributed by atoms with van der Waals surface area (Å²) in [5.41, 5.74) is 0.948. The Hall–Kier alpha value is -1.29. The molecule has 0 aliphatic carbocycles. The summed E-state index contributed by atoms with van der Waals surface area (Å²) in [6.07, 6.45) is 4.84. The maximum Gasteiger partial charge on any atom is 0.271 e. The third kappa shape index (κ3) is 5.37. The summed E-state index contributed by atoms with van der Waals surface area (Å²) in [4.78, 5) is 10.2. The Balaban J connectivity index is 2.58. The van der Waals surface area contributed by atoms with Gasteiger partial charge in [-0.05, 0) is 17.9 Å². The van der Waals surface area contributed by atoms with Gasteiger partial charge in [-0.3, -0.25) is 10.1 Å². The van der Waals surface area contributed by atoms with Gasteiger partial charge in [-0.25, -0.2) is 0 Å². The fraction of sp³-hybridized carbons (Fsp3) is 0.600. The number of hydrogen-bond donors (Lipinski definition) is 1. The van der Waals surface area contributed by atoms with E-state index in [-0.39, 0.29) is 11.1 Å². The van der Waals surface area contributed by atoms with E-state index in [1.54, 1.807) is 6.07 Å². The topological polar surface area (TPSA) is 55.2 Å². The average molecular weight is 299 g/mol. The number of anilines is 1. The standard InChI is InChI=1S/C15H23ClN2O2/c1-4-5-6-9-15(2,3)11-17-14-8-7-12(18(19)20)10-13(14)16/h7-8,10,17H,4-6,9,11H2,1-3H3. The molecule has 0 radical (unpaired) electrons. The molecule has 0 saturated carbocycles. The van der Waals surface area contributed by atoms with Gasteiger partial charge in [0.1, 0.15) is 0 Å². The van der Waals surface area contributed by atoms with Crippen LogP contribution >= 0.6 is 11.6 Å². The highest BCUT2D eigenvalue weighted by Crippen LogP contribution is 2.29. The van der Waals surface area contributed by atoms with Crippen molar-refractivity contribution in [2.75, 3.05) is 11.9 Å². The van der Waals surface area contributed by atoms with E-state index in [2.05, 4.69) is 26.1 Å². The maximum atomic E-state index is 10.7. The van der Waals surface area contributed by atoms with Crippen LogP contribution in [0.2, 0.25) is 5.02 Å². The van der Waals surface area contributed by atoms with Crippen LogP contribution in [0.5, 0.6) is 0 Å². The summed E-state index contributed by atoms with van der Waals surface area (Å²) in [5, 5.41) is 14.3. The molecule has 0 aliphatic heterocycles. The third-order valence-corrected chi connectivity index (χ3v) is 3.69.